The van der Waals surface area contributed by atoms with Gasteiger partial charge in [0.05, 0.1) is 30.1 Å². The smallest absolute Gasteiger partial charge is 0.271 e. The molecule has 0 aliphatic heterocycles. The summed E-state index contributed by atoms with van der Waals surface area (Å²) in [4.78, 5) is 23.5. The average molecular weight is 393 g/mol. The summed E-state index contributed by atoms with van der Waals surface area (Å²) < 4.78 is 10.9. The van der Waals surface area contributed by atoms with Crippen molar-refractivity contribution in [1.29, 1.82) is 0 Å². The largest absolute Gasteiger partial charge is 0.493 e. The molecular formula is C18H21ClN4O4. The predicted molar refractivity (Wildman–Crippen MR) is 103 cm³/mol. The van der Waals surface area contributed by atoms with Gasteiger partial charge in [-0.15, -0.1) is 0 Å². The topological polar surface area (TPSA) is 119 Å². The first kappa shape index (κ1) is 20.3. The number of primary amides is 1. The van der Waals surface area contributed by atoms with Crippen LogP contribution in [0.4, 0.5) is 5.69 Å². The van der Waals surface area contributed by atoms with Crippen molar-refractivity contribution in [2.45, 2.75) is 20.3 Å². The molecule has 0 saturated heterocycles. The lowest BCUT2D eigenvalue weighted by Gasteiger charge is -2.12. The van der Waals surface area contributed by atoms with Crippen LogP contribution in [0.1, 0.15) is 35.1 Å². The number of aromatic amines is 1. The van der Waals surface area contributed by atoms with Crippen molar-refractivity contribution in [3.8, 4) is 11.5 Å². The zero-order valence-corrected chi connectivity index (χ0v) is 16.0. The number of benzene rings is 1. The maximum atomic E-state index is 12.2. The average Bonchev–Trinajstić information content (AvgIpc) is 2.99. The zero-order valence-electron chi connectivity index (χ0n) is 15.3. The number of anilines is 1. The number of methoxy groups -OCH3 is 1. The van der Waals surface area contributed by atoms with Gasteiger partial charge in [0.15, 0.2) is 17.2 Å². The Morgan fingerprint density at radius 3 is 2.78 bits per heavy atom. The molecule has 0 radical (unpaired) electrons. The number of rotatable bonds is 8. The molecule has 0 aliphatic carbocycles. The van der Waals surface area contributed by atoms with E-state index in [0.717, 1.165) is 6.42 Å². The summed E-state index contributed by atoms with van der Waals surface area (Å²) in [6.45, 7) is 4.17. The molecule has 1 aromatic carbocycles. The first-order chi connectivity index (χ1) is 12.9. The number of nitrogens with two attached hydrogens (primary N) is 1. The Morgan fingerprint density at radius 2 is 2.15 bits per heavy atom. The van der Waals surface area contributed by atoms with E-state index in [1.165, 1.54) is 13.2 Å². The molecule has 27 heavy (non-hydrogen) atoms. The number of hydrogen-bond acceptors (Lipinski definition) is 5. The van der Waals surface area contributed by atoms with Gasteiger partial charge in [-0.3, -0.25) is 14.7 Å². The summed E-state index contributed by atoms with van der Waals surface area (Å²) in [6, 6.07) is 3.37. The summed E-state index contributed by atoms with van der Waals surface area (Å²) in [5.41, 5.74) is 6.62. The highest BCUT2D eigenvalue weighted by Crippen LogP contribution is 2.36. The standard InChI is InChI=1S/C18H21ClN4O4/c1-4-7-27-17-12(19)8-11(9-13(17)26-3)5-6-14(24)21-15-10(2)22-23-16(15)18(20)25/h5-6,8-9H,4,7H2,1-3H3,(H2,20,25)(H,21,24)(H,22,23)/b6-5-. The van der Waals surface area contributed by atoms with E-state index in [-0.39, 0.29) is 11.4 Å². The molecule has 2 rings (SSSR count). The molecule has 0 atom stereocenters. The molecule has 0 unspecified atom stereocenters. The number of halogens is 1. The first-order valence-electron chi connectivity index (χ1n) is 8.21. The van der Waals surface area contributed by atoms with Crippen molar-refractivity contribution < 1.29 is 19.1 Å². The number of carbonyl (C=O) groups excluding carboxylic acids is 2. The van der Waals surface area contributed by atoms with Gasteiger partial charge in [0.2, 0.25) is 5.91 Å². The van der Waals surface area contributed by atoms with Gasteiger partial charge in [0.1, 0.15) is 0 Å². The molecular weight excluding hydrogens is 372 g/mol. The third-order valence-electron chi connectivity index (χ3n) is 3.56. The number of aromatic nitrogens is 2. The maximum absolute atomic E-state index is 12.2. The number of nitrogens with zero attached hydrogens (tertiary/aromatic N) is 1. The summed E-state index contributed by atoms with van der Waals surface area (Å²) >= 11 is 6.25. The molecule has 0 bridgehead atoms. The second kappa shape index (κ2) is 9.09. The number of H-pyrrole nitrogens is 1. The van der Waals surface area contributed by atoms with Crippen molar-refractivity contribution in [3.63, 3.8) is 0 Å². The molecule has 0 fully saturated rings. The minimum absolute atomic E-state index is 0.0311. The highest BCUT2D eigenvalue weighted by atomic mass is 35.5. The molecule has 0 saturated carbocycles. The van der Waals surface area contributed by atoms with Crippen LogP contribution >= 0.6 is 11.6 Å². The highest BCUT2D eigenvalue weighted by Gasteiger charge is 2.16. The van der Waals surface area contributed by atoms with Crippen LogP contribution in [0.5, 0.6) is 11.5 Å². The van der Waals surface area contributed by atoms with Crippen molar-refractivity contribution in [2.75, 3.05) is 19.0 Å². The van der Waals surface area contributed by atoms with Gasteiger partial charge in [-0.2, -0.15) is 5.10 Å². The second-order valence-corrected chi connectivity index (χ2v) is 6.05. The Morgan fingerprint density at radius 1 is 1.41 bits per heavy atom. The van der Waals surface area contributed by atoms with Crippen LogP contribution in [0.15, 0.2) is 18.2 Å². The van der Waals surface area contributed by atoms with Crippen LogP contribution in [0.2, 0.25) is 5.02 Å². The summed E-state index contributed by atoms with van der Waals surface area (Å²) in [6.07, 6.45) is 3.70. The van der Waals surface area contributed by atoms with Crippen molar-refractivity contribution in [2.24, 2.45) is 5.73 Å². The van der Waals surface area contributed by atoms with Gasteiger partial charge in [-0.25, -0.2) is 0 Å². The maximum Gasteiger partial charge on any atom is 0.271 e. The number of carbonyl (C=O) groups is 2. The Bertz CT molecular complexity index is 876. The highest BCUT2D eigenvalue weighted by molar-refractivity contribution is 6.32. The van der Waals surface area contributed by atoms with E-state index < -0.39 is 11.8 Å². The third kappa shape index (κ3) is 5.01. The fourth-order valence-electron chi connectivity index (χ4n) is 2.28. The van der Waals surface area contributed by atoms with E-state index in [1.54, 1.807) is 25.1 Å². The van der Waals surface area contributed by atoms with Gasteiger partial charge in [-0.1, -0.05) is 18.5 Å². The third-order valence-corrected chi connectivity index (χ3v) is 3.84. The molecule has 2 aromatic rings. The number of hydrogen-bond donors (Lipinski definition) is 3. The van der Waals surface area contributed by atoms with Crippen LogP contribution in [0.3, 0.4) is 0 Å². The molecule has 1 aromatic heterocycles. The molecule has 9 heteroatoms. The van der Waals surface area contributed by atoms with E-state index in [1.807, 2.05) is 6.92 Å². The second-order valence-electron chi connectivity index (χ2n) is 5.64. The Labute approximate surface area is 161 Å². The number of aryl methyl sites for hydroxylation is 1. The Kier molecular flexibility index (Phi) is 6.84. The van der Waals surface area contributed by atoms with Crippen molar-refractivity contribution in [3.05, 3.63) is 40.2 Å². The normalized spacial score (nSPS) is 10.8. The number of nitrogens with one attached hydrogen (secondary N) is 2. The van der Waals surface area contributed by atoms with Crippen LogP contribution in [0.25, 0.3) is 6.08 Å². The minimum atomic E-state index is -0.738. The van der Waals surface area contributed by atoms with E-state index >= 15 is 0 Å². The Balaban J connectivity index is 2.18. The fraction of sp³-hybridized carbons (Fsp3) is 0.278. The number of ether oxygens (including phenoxy) is 2. The van der Waals surface area contributed by atoms with Crippen molar-refractivity contribution >= 4 is 35.2 Å². The molecule has 0 spiro atoms. The molecule has 2 amide bonds. The lowest BCUT2D eigenvalue weighted by Crippen LogP contribution is -2.16. The summed E-state index contributed by atoms with van der Waals surface area (Å²) in [5, 5.41) is 9.34. The quantitative estimate of drug-likeness (QED) is 0.596. The first-order valence-corrected chi connectivity index (χ1v) is 8.59. The lowest BCUT2D eigenvalue weighted by molar-refractivity contribution is -0.111. The summed E-state index contributed by atoms with van der Waals surface area (Å²) in [5.74, 6) is -0.262. The van der Waals surface area contributed by atoms with Gasteiger partial charge in [0, 0.05) is 6.08 Å². The predicted octanol–water partition coefficient (Wildman–Crippen LogP) is 2.92. The fourth-order valence-corrected chi connectivity index (χ4v) is 2.55. The van der Waals surface area contributed by atoms with E-state index in [4.69, 9.17) is 26.8 Å². The zero-order chi connectivity index (χ0) is 20.0. The van der Waals surface area contributed by atoms with Crippen LogP contribution in [-0.4, -0.2) is 35.7 Å². The monoisotopic (exact) mass is 392 g/mol. The molecule has 0 aliphatic rings. The molecule has 1 heterocycles. The van der Waals surface area contributed by atoms with Crippen LogP contribution in [-0.2, 0) is 4.79 Å². The van der Waals surface area contributed by atoms with Gasteiger partial charge < -0.3 is 20.5 Å². The number of amides is 2. The van der Waals surface area contributed by atoms with Gasteiger partial charge >= 0.3 is 0 Å². The van der Waals surface area contributed by atoms with E-state index in [0.29, 0.717) is 34.4 Å². The van der Waals surface area contributed by atoms with Crippen molar-refractivity contribution in [1.82, 2.24) is 10.2 Å². The SMILES string of the molecule is CCCOc1c(Cl)cc(/C=C\C(=O)Nc2c(C(N)=O)n[nH]c2C)cc1OC. The molecule has 4 N–H and O–H groups in total. The van der Waals surface area contributed by atoms with Gasteiger partial charge in [0.25, 0.3) is 5.91 Å². The Hall–Kier alpha value is -3.00. The summed E-state index contributed by atoms with van der Waals surface area (Å²) in [7, 11) is 1.51. The lowest BCUT2D eigenvalue weighted by atomic mass is 10.2. The molecule has 144 valence electrons. The van der Waals surface area contributed by atoms with Gasteiger partial charge in [-0.05, 0) is 37.1 Å². The molecule has 8 nitrogen and oxygen atoms in total. The van der Waals surface area contributed by atoms with Crippen LogP contribution in [0, 0.1) is 6.92 Å². The van der Waals surface area contributed by atoms with Crippen LogP contribution < -0.4 is 20.5 Å². The minimum Gasteiger partial charge on any atom is -0.493 e. The van der Waals surface area contributed by atoms with E-state index in [9.17, 15) is 9.59 Å². The van der Waals surface area contributed by atoms with E-state index in [2.05, 4.69) is 15.5 Å².